The third-order valence-corrected chi connectivity index (χ3v) is 2.09. The number of benzene rings is 1. The molecule has 2 rings (SSSR count). The molecule has 0 atom stereocenters. The van der Waals surface area contributed by atoms with Crippen LogP contribution < -0.4 is 0 Å². The SMILES string of the molecule is N#Cc1ccc(F)cc1-c1ccncc1. The zero-order valence-electron chi connectivity index (χ0n) is 7.81. The first-order valence-electron chi connectivity index (χ1n) is 4.41. The number of hydrogen-bond donors (Lipinski definition) is 0. The smallest absolute Gasteiger partial charge is 0.123 e. The Hall–Kier alpha value is -2.21. The Labute approximate surface area is 86.6 Å². The molecule has 1 heterocycles. The molecule has 0 N–H and O–H groups in total. The molecule has 15 heavy (non-hydrogen) atoms. The highest BCUT2D eigenvalue weighted by molar-refractivity contribution is 5.69. The van der Waals surface area contributed by atoms with Gasteiger partial charge in [0.1, 0.15) is 5.82 Å². The van der Waals surface area contributed by atoms with Crippen molar-refractivity contribution in [2.75, 3.05) is 0 Å². The summed E-state index contributed by atoms with van der Waals surface area (Å²) in [7, 11) is 0. The monoisotopic (exact) mass is 198 g/mol. The molecule has 0 saturated heterocycles. The molecule has 0 bridgehead atoms. The highest BCUT2D eigenvalue weighted by Gasteiger charge is 2.05. The van der Waals surface area contributed by atoms with Crippen LogP contribution in [-0.4, -0.2) is 4.98 Å². The molecule has 0 saturated carbocycles. The maximum Gasteiger partial charge on any atom is 0.123 e. The maximum absolute atomic E-state index is 13.0. The minimum Gasteiger partial charge on any atom is -0.265 e. The van der Waals surface area contributed by atoms with E-state index in [-0.39, 0.29) is 5.82 Å². The molecular weight excluding hydrogens is 191 g/mol. The van der Waals surface area contributed by atoms with Crippen molar-refractivity contribution in [1.29, 1.82) is 5.26 Å². The van der Waals surface area contributed by atoms with Gasteiger partial charge in [0.15, 0.2) is 0 Å². The Bertz CT molecular complexity index is 515. The lowest BCUT2D eigenvalue weighted by molar-refractivity contribution is 0.628. The highest BCUT2D eigenvalue weighted by atomic mass is 19.1. The summed E-state index contributed by atoms with van der Waals surface area (Å²) >= 11 is 0. The van der Waals surface area contributed by atoms with E-state index in [1.807, 2.05) is 6.07 Å². The topological polar surface area (TPSA) is 36.7 Å². The van der Waals surface area contributed by atoms with Gasteiger partial charge in [0.2, 0.25) is 0 Å². The molecule has 0 aliphatic rings. The van der Waals surface area contributed by atoms with Crippen molar-refractivity contribution in [3.63, 3.8) is 0 Å². The summed E-state index contributed by atoms with van der Waals surface area (Å²) in [6, 6.07) is 9.64. The predicted molar refractivity (Wildman–Crippen MR) is 54.3 cm³/mol. The number of nitrogens with zero attached hydrogens (tertiary/aromatic N) is 2. The summed E-state index contributed by atoms with van der Waals surface area (Å²) in [6.07, 6.45) is 3.22. The molecule has 0 radical (unpaired) electrons. The van der Waals surface area contributed by atoms with E-state index >= 15 is 0 Å². The maximum atomic E-state index is 13.0. The van der Waals surface area contributed by atoms with Crippen molar-refractivity contribution in [1.82, 2.24) is 4.98 Å². The molecule has 3 heteroatoms. The van der Waals surface area contributed by atoms with Crippen LogP contribution >= 0.6 is 0 Å². The zero-order chi connectivity index (χ0) is 10.7. The number of hydrogen-bond acceptors (Lipinski definition) is 2. The van der Waals surface area contributed by atoms with Crippen molar-refractivity contribution in [3.8, 4) is 17.2 Å². The number of pyridine rings is 1. The summed E-state index contributed by atoms with van der Waals surface area (Å²) in [5.74, 6) is -0.346. The van der Waals surface area contributed by atoms with Gasteiger partial charge in [-0.2, -0.15) is 5.26 Å². The van der Waals surface area contributed by atoms with Gasteiger partial charge in [-0.1, -0.05) is 0 Å². The van der Waals surface area contributed by atoms with Crippen LogP contribution in [0.4, 0.5) is 4.39 Å². The van der Waals surface area contributed by atoms with E-state index in [0.717, 1.165) is 5.56 Å². The van der Waals surface area contributed by atoms with Crippen molar-refractivity contribution in [2.24, 2.45) is 0 Å². The normalized spacial score (nSPS) is 9.60. The fourth-order valence-electron chi connectivity index (χ4n) is 1.38. The Morgan fingerprint density at radius 2 is 1.87 bits per heavy atom. The Morgan fingerprint density at radius 1 is 1.13 bits per heavy atom. The molecule has 0 fully saturated rings. The zero-order valence-corrected chi connectivity index (χ0v) is 7.81. The summed E-state index contributed by atoms with van der Waals surface area (Å²) in [4.78, 5) is 3.87. The number of nitriles is 1. The molecule has 0 unspecified atom stereocenters. The second kappa shape index (κ2) is 3.89. The van der Waals surface area contributed by atoms with Crippen LogP contribution in [0.5, 0.6) is 0 Å². The van der Waals surface area contributed by atoms with E-state index in [9.17, 15) is 4.39 Å². The quantitative estimate of drug-likeness (QED) is 0.706. The number of rotatable bonds is 1. The summed E-state index contributed by atoms with van der Waals surface area (Å²) in [5.41, 5.74) is 1.85. The van der Waals surface area contributed by atoms with Gasteiger partial charge in [0.25, 0.3) is 0 Å². The molecule has 1 aromatic heterocycles. The van der Waals surface area contributed by atoms with Crippen molar-refractivity contribution in [3.05, 3.63) is 54.1 Å². The molecule has 0 aliphatic carbocycles. The van der Waals surface area contributed by atoms with Gasteiger partial charge in [-0.3, -0.25) is 4.98 Å². The second-order valence-corrected chi connectivity index (χ2v) is 3.04. The van der Waals surface area contributed by atoms with Gasteiger partial charge in [0.05, 0.1) is 11.6 Å². The molecule has 0 aliphatic heterocycles. The van der Waals surface area contributed by atoms with Crippen molar-refractivity contribution < 1.29 is 4.39 Å². The first kappa shape index (κ1) is 9.35. The fraction of sp³-hybridized carbons (Fsp3) is 0. The molecule has 2 aromatic rings. The average molecular weight is 198 g/mol. The molecule has 2 nitrogen and oxygen atoms in total. The minimum atomic E-state index is -0.346. The lowest BCUT2D eigenvalue weighted by Gasteiger charge is -2.03. The predicted octanol–water partition coefficient (Wildman–Crippen LogP) is 2.76. The molecule has 72 valence electrons. The minimum absolute atomic E-state index is 0.346. The second-order valence-electron chi connectivity index (χ2n) is 3.04. The highest BCUT2D eigenvalue weighted by Crippen LogP contribution is 2.23. The van der Waals surface area contributed by atoms with Crippen molar-refractivity contribution in [2.45, 2.75) is 0 Å². The van der Waals surface area contributed by atoms with E-state index in [2.05, 4.69) is 4.98 Å². The first-order valence-corrected chi connectivity index (χ1v) is 4.41. The lowest BCUT2D eigenvalue weighted by atomic mass is 10.0. The van der Waals surface area contributed by atoms with Crippen LogP contribution in [0.2, 0.25) is 0 Å². The van der Waals surface area contributed by atoms with E-state index in [1.165, 1.54) is 18.2 Å². The summed E-state index contributed by atoms with van der Waals surface area (Å²) < 4.78 is 13.0. The van der Waals surface area contributed by atoms with Gasteiger partial charge in [-0.15, -0.1) is 0 Å². The van der Waals surface area contributed by atoms with E-state index in [0.29, 0.717) is 11.1 Å². The van der Waals surface area contributed by atoms with Crippen LogP contribution in [0.25, 0.3) is 11.1 Å². The van der Waals surface area contributed by atoms with E-state index < -0.39 is 0 Å². The average Bonchev–Trinajstić information content (AvgIpc) is 2.30. The Balaban J connectivity index is 2.62. The van der Waals surface area contributed by atoms with Gasteiger partial charge < -0.3 is 0 Å². The third-order valence-electron chi connectivity index (χ3n) is 2.09. The molecule has 1 aromatic carbocycles. The fourth-order valence-corrected chi connectivity index (χ4v) is 1.38. The van der Waals surface area contributed by atoms with Crippen LogP contribution in [0.3, 0.4) is 0 Å². The Morgan fingerprint density at radius 3 is 2.53 bits per heavy atom. The van der Waals surface area contributed by atoms with E-state index in [1.54, 1.807) is 24.5 Å². The molecular formula is C12H7FN2. The van der Waals surface area contributed by atoms with Crippen molar-refractivity contribution >= 4 is 0 Å². The lowest BCUT2D eigenvalue weighted by Crippen LogP contribution is -1.86. The molecule has 0 spiro atoms. The number of halogens is 1. The van der Waals surface area contributed by atoms with Crippen LogP contribution in [0.1, 0.15) is 5.56 Å². The van der Waals surface area contributed by atoms with Crippen LogP contribution in [-0.2, 0) is 0 Å². The molecule has 0 amide bonds. The standard InChI is InChI=1S/C12H7FN2/c13-11-2-1-10(8-14)12(7-11)9-3-5-15-6-4-9/h1-7H. The largest absolute Gasteiger partial charge is 0.265 e. The Kier molecular flexibility index (Phi) is 2.42. The van der Waals surface area contributed by atoms with Crippen LogP contribution in [0, 0.1) is 17.1 Å². The summed E-state index contributed by atoms with van der Waals surface area (Å²) in [6.45, 7) is 0. The van der Waals surface area contributed by atoms with Crippen LogP contribution in [0.15, 0.2) is 42.7 Å². The summed E-state index contributed by atoms with van der Waals surface area (Å²) in [5, 5.41) is 8.88. The van der Waals surface area contributed by atoms with Gasteiger partial charge in [0, 0.05) is 18.0 Å². The van der Waals surface area contributed by atoms with Gasteiger partial charge in [-0.25, -0.2) is 4.39 Å². The van der Waals surface area contributed by atoms with Gasteiger partial charge in [-0.05, 0) is 35.9 Å². The third kappa shape index (κ3) is 1.84. The van der Waals surface area contributed by atoms with Gasteiger partial charge >= 0.3 is 0 Å². The number of aromatic nitrogens is 1. The first-order chi connectivity index (χ1) is 7.31. The van der Waals surface area contributed by atoms with E-state index in [4.69, 9.17) is 5.26 Å².